The number of hydrogen-bond donors (Lipinski definition) is 2. The van der Waals surface area contributed by atoms with E-state index in [1.165, 1.54) is 19.3 Å². The summed E-state index contributed by atoms with van der Waals surface area (Å²) in [5.41, 5.74) is 0. The summed E-state index contributed by atoms with van der Waals surface area (Å²) in [6.07, 6.45) is 9.63. The van der Waals surface area contributed by atoms with Crippen molar-refractivity contribution in [1.82, 2.24) is 20.4 Å². The SMILES string of the molecule is CC(Cn1cccn1)NC(=O)NC1CCCCC1. The molecule has 2 amide bonds. The van der Waals surface area contributed by atoms with E-state index >= 15 is 0 Å². The van der Waals surface area contributed by atoms with Crippen LogP contribution in [0.15, 0.2) is 18.5 Å². The monoisotopic (exact) mass is 250 g/mol. The predicted molar refractivity (Wildman–Crippen MR) is 70.2 cm³/mol. The Kier molecular flexibility index (Phi) is 4.61. The van der Waals surface area contributed by atoms with Crippen LogP contribution in [0.2, 0.25) is 0 Å². The molecule has 1 aromatic rings. The van der Waals surface area contributed by atoms with E-state index in [-0.39, 0.29) is 12.1 Å². The summed E-state index contributed by atoms with van der Waals surface area (Å²) in [6, 6.07) is 2.26. The van der Waals surface area contributed by atoms with Crippen molar-refractivity contribution in [1.29, 1.82) is 0 Å². The van der Waals surface area contributed by atoms with Gasteiger partial charge in [0.25, 0.3) is 0 Å². The number of aromatic nitrogens is 2. The van der Waals surface area contributed by atoms with E-state index in [1.807, 2.05) is 23.9 Å². The molecule has 0 spiro atoms. The molecular weight excluding hydrogens is 228 g/mol. The molecule has 5 heteroatoms. The van der Waals surface area contributed by atoms with Gasteiger partial charge in [-0.05, 0) is 25.8 Å². The number of carbonyl (C=O) groups excluding carboxylic acids is 1. The maximum absolute atomic E-state index is 11.8. The predicted octanol–water partition coefficient (Wildman–Crippen LogP) is 1.90. The zero-order valence-electron chi connectivity index (χ0n) is 10.9. The Labute approximate surface area is 108 Å². The molecule has 5 nitrogen and oxygen atoms in total. The molecule has 0 radical (unpaired) electrons. The fraction of sp³-hybridized carbons (Fsp3) is 0.692. The normalized spacial score (nSPS) is 18.3. The number of hydrogen-bond acceptors (Lipinski definition) is 2. The summed E-state index contributed by atoms with van der Waals surface area (Å²) in [4.78, 5) is 11.8. The van der Waals surface area contributed by atoms with E-state index in [0.717, 1.165) is 12.8 Å². The zero-order chi connectivity index (χ0) is 12.8. The molecule has 1 unspecified atom stereocenters. The maximum Gasteiger partial charge on any atom is 0.315 e. The number of nitrogens with zero attached hydrogens (tertiary/aromatic N) is 2. The Hall–Kier alpha value is -1.52. The van der Waals surface area contributed by atoms with Crippen LogP contribution >= 0.6 is 0 Å². The minimum atomic E-state index is -0.0541. The van der Waals surface area contributed by atoms with Crippen LogP contribution < -0.4 is 10.6 Å². The minimum Gasteiger partial charge on any atom is -0.335 e. The van der Waals surface area contributed by atoms with Crippen molar-refractivity contribution in [3.05, 3.63) is 18.5 Å². The van der Waals surface area contributed by atoms with Crippen molar-refractivity contribution in [2.45, 2.75) is 57.7 Å². The average Bonchev–Trinajstić information content (AvgIpc) is 2.82. The number of amides is 2. The summed E-state index contributed by atoms with van der Waals surface area (Å²) in [7, 11) is 0. The Balaban J connectivity index is 1.69. The van der Waals surface area contributed by atoms with Gasteiger partial charge < -0.3 is 10.6 Å². The molecule has 0 aromatic carbocycles. The molecule has 100 valence electrons. The molecule has 18 heavy (non-hydrogen) atoms. The van der Waals surface area contributed by atoms with Crippen LogP contribution in [0.5, 0.6) is 0 Å². The van der Waals surface area contributed by atoms with Crippen LogP contribution in [0.1, 0.15) is 39.0 Å². The molecule has 1 aliphatic carbocycles. The lowest BCUT2D eigenvalue weighted by atomic mass is 9.96. The summed E-state index contributed by atoms with van der Waals surface area (Å²) in [5, 5.41) is 10.1. The molecule has 2 rings (SSSR count). The molecular formula is C13H22N4O. The topological polar surface area (TPSA) is 59.0 Å². The second kappa shape index (κ2) is 6.42. The van der Waals surface area contributed by atoms with Gasteiger partial charge in [-0.1, -0.05) is 19.3 Å². The van der Waals surface area contributed by atoms with E-state index in [2.05, 4.69) is 15.7 Å². The Morgan fingerprint density at radius 2 is 2.22 bits per heavy atom. The highest BCUT2D eigenvalue weighted by molar-refractivity contribution is 5.74. The summed E-state index contributed by atoms with van der Waals surface area (Å²) in [5.74, 6) is 0. The summed E-state index contributed by atoms with van der Waals surface area (Å²) in [6.45, 7) is 2.69. The van der Waals surface area contributed by atoms with Crippen molar-refractivity contribution in [2.24, 2.45) is 0 Å². The summed E-state index contributed by atoms with van der Waals surface area (Å²) >= 11 is 0. The van der Waals surface area contributed by atoms with Gasteiger partial charge in [0.15, 0.2) is 0 Å². The molecule has 1 saturated carbocycles. The minimum absolute atomic E-state index is 0.0541. The fourth-order valence-corrected chi connectivity index (χ4v) is 2.43. The standard InChI is InChI=1S/C13H22N4O/c1-11(10-17-9-5-8-14-17)15-13(18)16-12-6-3-2-4-7-12/h5,8-9,11-12H,2-4,6-7,10H2,1H3,(H2,15,16,18). The lowest BCUT2D eigenvalue weighted by molar-refractivity contribution is 0.228. The third kappa shape index (κ3) is 4.05. The van der Waals surface area contributed by atoms with Gasteiger partial charge in [-0.2, -0.15) is 5.10 Å². The van der Waals surface area contributed by atoms with Gasteiger partial charge in [-0.3, -0.25) is 4.68 Å². The van der Waals surface area contributed by atoms with Gasteiger partial charge >= 0.3 is 6.03 Å². The molecule has 0 aliphatic heterocycles. The first-order valence-electron chi connectivity index (χ1n) is 6.78. The largest absolute Gasteiger partial charge is 0.335 e. The van der Waals surface area contributed by atoms with Crippen LogP contribution in [-0.2, 0) is 6.54 Å². The van der Waals surface area contributed by atoms with Crippen LogP contribution in [-0.4, -0.2) is 27.9 Å². The molecule has 1 atom stereocenters. The molecule has 0 saturated heterocycles. The zero-order valence-corrected chi connectivity index (χ0v) is 10.9. The third-order valence-electron chi connectivity index (χ3n) is 3.34. The van der Waals surface area contributed by atoms with Gasteiger partial charge in [0.2, 0.25) is 0 Å². The molecule has 1 aromatic heterocycles. The molecule has 0 bridgehead atoms. The van der Waals surface area contributed by atoms with Crippen molar-refractivity contribution < 1.29 is 4.79 Å². The van der Waals surface area contributed by atoms with Crippen LogP contribution in [0.25, 0.3) is 0 Å². The number of urea groups is 1. The Morgan fingerprint density at radius 3 is 2.89 bits per heavy atom. The van der Waals surface area contributed by atoms with Gasteiger partial charge in [0.1, 0.15) is 0 Å². The van der Waals surface area contributed by atoms with Crippen LogP contribution in [0.3, 0.4) is 0 Å². The Morgan fingerprint density at radius 1 is 1.44 bits per heavy atom. The first-order valence-corrected chi connectivity index (χ1v) is 6.78. The van der Waals surface area contributed by atoms with Crippen molar-refractivity contribution in [2.75, 3.05) is 0 Å². The lowest BCUT2D eigenvalue weighted by Gasteiger charge is -2.24. The maximum atomic E-state index is 11.8. The van der Waals surface area contributed by atoms with E-state index in [4.69, 9.17) is 0 Å². The third-order valence-corrected chi connectivity index (χ3v) is 3.34. The first kappa shape index (κ1) is 12.9. The van der Waals surface area contributed by atoms with E-state index in [9.17, 15) is 4.79 Å². The van der Waals surface area contributed by atoms with Crippen LogP contribution in [0.4, 0.5) is 4.79 Å². The van der Waals surface area contributed by atoms with Gasteiger partial charge in [0, 0.05) is 24.5 Å². The van der Waals surface area contributed by atoms with E-state index in [1.54, 1.807) is 6.20 Å². The highest BCUT2D eigenvalue weighted by Gasteiger charge is 2.16. The molecule has 1 fully saturated rings. The molecule has 2 N–H and O–H groups in total. The number of rotatable bonds is 4. The number of nitrogens with one attached hydrogen (secondary N) is 2. The fourth-order valence-electron chi connectivity index (χ4n) is 2.43. The van der Waals surface area contributed by atoms with Gasteiger partial charge in [-0.15, -0.1) is 0 Å². The first-order chi connectivity index (χ1) is 8.74. The second-order valence-electron chi connectivity index (χ2n) is 5.08. The van der Waals surface area contributed by atoms with E-state index < -0.39 is 0 Å². The van der Waals surface area contributed by atoms with Gasteiger partial charge in [-0.25, -0.2) is 4.79 Å². The second-order valence-corrected chi connectivity index (χ2v) is 5.08. The van der Waals surface area contributed by atoms with Crippen molar-refractivity contribution in [3.63, 3.8) is 0 Å². The number of carbonyl (C=O) groups is 1. The quantitative estimate of drug-likeness (QED) is 0.857. The molecule has 1 heterocycles. The average molecular weight is 250 g/mol. The summed E-state index contributed by atoms with van der Waals surface area (Å²) < 4.78 is 1.82. The highest BCUT2D eigenvalue weighted by Crippen LogP contribution is 2.17. The van der Waals surface area contributed by atoms with Crippen LogP contribution in [0, 0.1) is 0 Å². The van der Waals surface area contributed by atoms with Crippen molar-refractivity contribution in [3.8, 4) is 0 Å². The highest BCUT2D eigenvalue weighted by atomic mass is 16.2. The van der Waals surface area contributed by atoms with Crippen molar-refractivity contribution >= 4 is 6.03 Å². The smallest absolute Gasteiger partial charge is 0.315 e. The van der Waals surface area contributed by atoms with E-state index in [0.29, 0.717) is 12.6 Å². The lowest BCUT2D eigenvalue weighted by Crippen LogP contribution is -2.47. The van der Waals surface area contributed by atoms with Gasteiger partial charge in [0.05, 0.1) is 6.54 Å². The molecule has 1 aliphatic rings. The Bertz CT molecular complexity index is 357.